The molecule has 2 heterocycles. The van der Waals surface area contributed by atoms with E-state index in [0.717, 1.165) is 17.2 Å². The van der Waals surface area contributed by atoms with E-state index in [4.69, 9.17) is 10.00 Å². The van der Waals surface area contributed by atoms with Gasteiger partial charge in [0.2, 0.25) is 0 Å². The second kappa shape index (κ2) is 11.0. The highest BCUT2D eigenvalue weighted by atomic mass is 32.2. The molecule has 11 heteroatoms. The van der Waals surface area contributed by atoms with Gasteiger partial charge in [-0.15, -0.1) is 11.8 Å². The Bertz CT molecular complexity index is 1020. The van der Waals surface area contributed by atoms with E-state index in [9.17, 15) is 22.8 Å². The molecule has 0 atom stereocenters. The van der Waals surface area contributed by atoms with Crippen LogP contribution >= 0.6 is 11.8 Å². The zero-order chi connectivity index (χ0) is 23.8. The van der Waals surface area contributed by atoms with Crippen molar-refractivity contribution in [3.8, 4) is 6.07 Å². The Balaban J connectivity index is 1.45. The smallest absolute Gasteiger partial charge is 0.417 e. The Labute approximate surface area is 192 Å². The fourth-order valence-electron chi connectivity index (χ4n) is 3.33. The summed E-state index contributed by atoms with van der Waals surface area (Å²) in [7, 11) is 0. The van der Waals surface area contributed by atoms with Crippen LogP contribution in [0.4, 0.5) is 24.7 Å². The van der Waals surface area contributed by atoms with Crippen LogP contribution < -0.4 is 10.2 Å². The van der Waals surface area contributed by atoms with Crippen molar-refractivity contribution in [2.75, 3.05) is 35.7 Å². The van der Waals surface area contributed by atoms with Crippen molar-refractivity contribution >= 4 is 35.1 Å². The standard InChI is InChI=1S/C22H21F3N4O3S/c23-22(24,25)16-5-6-19(27-13-16)29-10-7-15(8-11-29)21(31)32-14-20(30)28-17-3-1-2-4-18(17)33-12-9-26/h1-6,13,15H,7-8,10-12,14H2,(H,28,30). The largest absolute Gasteiger partial charge is 0.455 e. The van der Waals surface area contributed by atoms with Gasteiger partial charge in [0, 0.05) is 24.2 Å². The molecule has 1 saturated heterocycles. The van der Waals surface area contributed by atoms with E-state index in [-0.39, 0.29) is 5.75 Å². The molecule has 0 spiro atoms. The lowest BCUT2D eigenvalue weighted by atomic mass is 9.97. The number of para-hydroxylation sites is 1. The highest BCUT2D eigenvalue weighted by Gasteiger charge is 2.31. The van der Waals surface area contributed by atoms with Crippen LogP contribution in [0, 0.1) is 17.2 Å². The lowest BCUT2D eigenvalue weighted by Crippen LogP contribution is -2.38. The first kappa shape index (κ1) is 24.4. The number of amides is 1. The van der Waals surface area contributed by atoms with E-state index in [1.165, 1.54) is 17.8 Å². The minimum Gasteiger partial charge on any atom is -0.455 e. The highest BCUT2D eigenvalue weighted by Crippen LogP contribution is 2.30. The number of halogens is 3. The fourth-order valence-corrected chi connectivity index (χ4v) is 4.00. The van der Waals surface area contributed by atoms with Gasteiger partial charge < -0.3 is 15.0 Å². The molecule has 1 aromatic heterocycles. The van der Waals surface area contributed by atoms with Gasteiger partial charge >= 0.3 is 12.1 Å². The number of pyridine rings is 1. The summed E-state index contributed by atoms with van der Waals surface area (Å²) >= 11 is 1.29. The van der Waals surface area contributed by atoms with E-state index >= 15 is 0 Å². The molecule has 1 fully saturated rings. The maximum absolute atomic E-state index is 12.7. The predicted octanol–water partition coefficient (Wildman–Crippen LogP) is 4.11. The van der Waals surface area contributed by atoms with Crippen molar-refractivity contribution in [2.45, 2.75) is 23.9 Å². The van der Waals surface area contributed by atoms with E-state index < -0.39 is 36.1 Å². The number of ether oxygens (including phenoxy) is 1. The first-order valence-electron chi connectivity index (χ1n) is 10.1. The number of nitrogens with one attached hydrogen (secondary N) is 1. The summed E-state index contributed by atoms with van der Waals surface area (Å²) in [6, 6.07) is 11.3. The van der Waals surface area contributed by atoms with Crippen molar-refractivity contribution < 1.29 is 27.5 Å². The van der Waals surface area contributed by atoms with Gasteiger partial charge in [0.15, 0.2) is 6.61 Å². The number of hydrogen-bond donors (Lipinski definition) is 1. The molecular weight excluding hydrogens is 457 g/mol. The number of anilines is 2. The second-order valence-corrected chi connectivity index (χ2v) is 8.28. The highest BCUT2D eigenvalue weighted by molar-refractivity contribution is 7.99. The number of carbonyl (C=O) groups excluding carboxylic acids is 2. The van der Waals surface area contributed by atoms with Crippen molar-refractivity contribution in [1.82, 2.24) is 4.98 Å². The normalized spacial score (nSPS) is 14.4. The molecule has 174 valence electrons. The maximum Gasteiger partial charge on any atom is 0.417 e. The number of carbonyl (C=O) groups is 2. The molecule has 1 N–H and O–H groups in total. The maximum atomic E-state index is 12.7. The van der Waals surface area contributed by atoms with Gasteiger partial charge in [-0.25, -0.2) is 4.98 Å². The number of rotatable bonds is 7. The van der Waals surface area contributed by atoms with Gasteiger partial charge in [0.1, 0.15) is 5.82 Å². The van der Waals surface area contributed by atoms with Crippen LogP contribution in [0.3, 0.4) is 0 Å². The van der Waals surface area contributed by atoms with Crippen molar-refractivity contribution in [1.29, 1.82) is 5.26 Å². The Morgan fingerprint density at radius 2 is 1.94 bits per heavy atom. The lowest BCUT2D eigenvalue weighted by Gasteiger charge is -2.31. The van der Waals surface area contributed by atoms with Crippen LogP contribution in [-0.2, 0) is 20.5 Å². The number of alkyl halides is 3. The Hall–Kier alpha value is -3.26. The molecule has 1 aliphatic rings. The summed E-state index contributed by atoms with van der Waals surface area (Å²) < 4.78 is 43.2. The van der Waals surface area contributed by atoms with Crippen LogP contribution in [0.2, 0.25) is 0 Å². The molecular formula is C22H21F3N4O3S. The summed E-state index contributed by atoms with van der Waals surface area (Å²) in [5, 5.41) is 11.4. The Morgan fingerprint density at radius 3 is 2.58 bits per heavy atom. The molecule has 0 saturated carbocycles. The number of hydrogen-bond acceptors (Lipinski definition) is 7. The first-order valence-corrected chi connectivity index (χ1v) is 11.1. The summed E-state index contributed by atoms with van der Waals surface area (Å²) in [4.78, 5) is 31.0. The summed E-state index contributed by atoms with van der Waals surface area (Å²) in [6.45, 7) is 0.443. The molecule has 0 radical (unpaired) electrons. The Morgan fingerprint density at radius 1 is 1.21 bits per heavy atom. The van der Waals surface area contributed by atoms with Crippen LogP contribution in [0.25, 0.3) is 0 Å². The van der Waals surface area contributed by atoms with E-state index in [1.807, 2.05) is 11.0 Å². The SMILES string of the molecule is N#CCSc1ccccc1NC(=O)COC(=O)C1CCN(c2ccc(C(F)(F)F)cn2)CC1. The van der Waals surface area contributed by atoms with Crippen LogP contribution in [0.1, 0.15) is 18.4 Å². The lowest BCUT2D eigenvalue weighted by molar-refractivity contribution is -0.152. The third-order valence-electron chi connectivity index (χ3n) is 5.03. The molecule has 33 heavy (non-hydrogen) atoms. The Kier molecular flexibility index (Phi) is 8.16. The van der Waals surface area contributed by atoms with E-state index in [1.54, 1.807) is 24.3 Å². The van der Waals surface area contributed by atoms with Crippen LogP contribution in [-0.4, -0.2) is 42.3 Å². The summed E-state index contributed by atoms with van der Waals surface area (Å²) in [6.07, 6.45) is -2.76. The van der Waals surface area contributed by atoms with Crippen molar-refractivity contribution in [2.24, 2.45) is 5.92 Å². The molecule has 2 aromatic rings. The van der Waals surface area contributed by atoms with Crippen molar-refractivity contribution in [3.05, 3.63) is 48.2 Å². The van der Waals surface area contributed by atoms with Gasteiger partial charge in [0.05, 0.1) is 29.0 Å². The molecule has 0 unspecified atom stereocenters. The number of benzene rings is 1. The fraction of sp³-hybridized carbons (Fsp3) is 0.364. The minimum absolute atomic E-state index is 0.239. The first-order chi connectivity index (χ1) is 15.8. The quantitative estimate of drug-likeness (QED) is 0.473. The summed E-state index contributed by atoms with van der Waals surface area (Å²) in [5.74, 6) is -0.719. The molecule has 0 bridgehead atoms. The van der Waals surface area contributed by atoms with Gasteiger partial charge in [-0.1, -0.05) is 12.1 Å². The number of nitrogens with zero attached hydrogens (tertiary/aromatic N) is 3. The minimum atomic E-state index is -4.44. The van der Waals surface area contributed by atoms with Crippen LogP contribution in [0.5, 0.6) is 0 Å². The summed E-state index contributed by atoms with van der Waals surface area (Å²) in [5.41, 5.74) is -0.273. The number of thioether (sulfide) groups is 1. The average molecular weight is 478 g/mol. The second-order valence-electron chi connectivity index (χ2n) is 7.26. The molecule has 0 aliphatic carbocycles. The molecule has 1 aliphatic heterocycles. The molecule has 3 rings (SSSR count). The molecule has 7 nitrogen and oxygen atoms in total. The molecule has 1 aromatic carbocycles. The van der Waals surface area contributed by atoms with E-state index in [2.05, 4.69) is 10.3 Å². The van der Waals surface area contributed by atoms with Gasteiger partial charge in [0.25, 0.3) is 5.91 Å². The van der Waals surface area contributed by atoms with E-state index in [0.29, 0.717) is 37.4 Å². The third kappa shape index (κ3) is 6.86. The molecule has 1 amide bonds. The van der Waals surface area contributed by atoms with Crippen molar-refractivity contribution in [3.63, 3.8) is 0 Å². The third-order valence-corrected chi connectivity index (χ3v) is 5.97. The number of aromatic nitrogens is 1. The zero-order valence-corrected chi connectivity index (χ0v) is 18.3. The van der Waals surface area contributed by atoms with Gasteiger partial charge in [-0.2, -0.15) is 18.4 Å². The van der Waals surface area contributed by atoms with Gasteiger partial charge in [-0.05, 0) is 37.1 Å². The zero-order valence-electron chi connectivity index (χ0n) is 17.5. The monoisotopic (exact) mass is 478 g/mol. The number of nitriles is 1. The number of esters is 1. The van der Waals surface area contributed by atoms with Gasteiger partial charge in [-0.3, -0.25) is 9.59 Å². The number of piperidine rings is 1. The van der Waals surface area contributed by atoms with Crippen LogP contribution in [0.15, 0.2) is 47.5 Å². The average Bonchev–Trinajstić information content (AvgIpc) is 2.81. The predicted molar refractivity (Wildman–Crippen MR) is 117 cm³/mol. The topological polar surface area (TPSA) is 95.3 Å².